The number of ketones is 1. The number of benzene rings is 2. The number of nitrogens with two attached hydrogens (primary N) is 2. The Balaban J connectivity index is 2.49. The van der Waals surface area contributed by atoms with Crippen molar-refractivity contribution >= 4 is 17.7 Å². The van der Waals surface area contributed by atoms with Crippen LogP contribution in [-0.4, -0.2) is 22.8 Å². The van der Waals surface area contributed by atoms with Gasteiger partial charge in [0.25, 0.3) is 0 Å². The fraction of sp³-hybridized carbons (Fsp3) is 0.118. The number of carbonyl (C=O) groups excluding carboxylic acids is 1. The van der Waals surface area contributed by atoms with Crippen LogP contribution in [-0.2, 0) is 10.3 Å². The Bertz CT molecular complexity index is 768. The van der Waals surface area contributed by atoms with E-state index >= 15 is 0 Å². The molecule has 2 aromatic carbocycles. The van der Waals surface area contributed by atoms with Crippen LogP contribution in [0.15, 0.2) is 59.6 Å². The Morgan fingerprint density at radius 3 is 2.17 bits per heavy atom. The Labute approximate surface area is 133 Å². The van der Waals surface area contributed by atoms with Crippen LogP contribution in [0, 0.1) is 0 Å². The average Bonchev–Trinajstić information content (AvgIpc) is 2.54. The Hall–Kier alpha value is -3.15. The molecule has 0 spiro atoms. The van der Waals surface area contributed by atoms with Crippen LogP contribution in [0.5, 0.6) is 0 Å². The van der Waals surface area contributed by atoms with Gasteiger partial charge < -0.3 is 16.6 Å². The smallest absolute Gasteiger partial charge is 0.336 e. The highest BCUT2D eigenvalue weighted by atomic mass is 16.4. The maximum Gasteiger partial charge on any atom is 0.336 e. The van der Waals surface area contributed by atoms with E-state index in [1.807, 2.05) is 6.07 Å². The number of carboxylic acids is 1. The zero-order chi connectivity index (χ0) is 17.0. The number of aliphatic imine (C=N–C) groups is 1. The maximum atomic E-state index is 12.5. The molecule has 0 heterocycles. The highest BCUT2D eigenvalue weighted by molar-refractivity contribution is 6.09. The number of carboxylic acid groups (broad SMARTS) is 1. The van der Waals surface area contributed by atoms with Crippen LogP contribution < -0.4 is 11.5 Å². The van der Waals surface area contributed by atoms with Gasteiger partial charge in [-0.2, -0.15) is 0 Å². The minimum absolute atomic E-state index is 0.204. The first-order chi connectivity index (χ1) is 10.8. The summed E-state index contributed by atoms with van der Waals surface area (Å²) < 4.78 is 0. The van der Waals surface area contributed by atoms with Gasteiger partial charge >= 0.3 is 5.97 Å². The summed E-state index contributed by atoms with van der Waals surface area (Å²) in [4.78, 5) is 27.9. The van der Waals surface area contributed by atoms with Crippen LogP contribution in [0.1, 0.15) is 28.4 Å². The lowest BCUT2D eigenvalue weighted by Gasteiger charge is -2.21. The Morgan fingerprint density at radius 1 is 1.00 bits per heavy atom. The van der Waals surface area contributed by atoms with Crippen molar-refractivity contribution in [2.45, 2.75) is 12.5 Å². The third kappa shape index (κ3) is 3.37. The zero-order valence-electron chi connectivity index (χ0n) is 12.6. The van der Waals surface area contributed by atoms with Crippen LogP contribution in [0.25, 0.3) is 0 Å². The molecule has 0 amide bonds. The number of hydrogen-bond donors (Lipinski definition) is 3. The summed E-state index contributed by atoms with van der Waals surface area (Å²) in [7, 11) is 0. The zero-order valence-corrected chi connectivity index (χ0v) is 12.6. The largest absolute Gasteiger partial charge is 0.479 e. The van der Waals surface area contributed by atoms with Gasteiger partial charge in [-0.25, -0.2) is 9.79 Å². The molecule has 2 rings (SSSR count). The Morgan fingerprint density at radius 2 is 1.61 bits per heavy atom. The van der Waals surface area contributed by atoms with Crippen molar-refractivity contribution in [1.29, 1.82) is 0 Å². The van der Waals surface area contributed by atoms with Gasteiger partial charge in [0.2, 0.25) is 0 Å². The summed E-state index contributed by atoms with van der Waals surface area (Å²) in [6.07, 6.45) is 0. The summed E-state index contributed by atoms with van der Waals surface area (Å²) in [5.74, 6) is -1.75. The predicted molar refractivity (Wildman–Crippen MR) is 87.1 cm³/mol. The predicted octanol–water partition coefficient (Wildman–Crippen LogP) is 1.49. The first kappa shape index (κ1) is 16.2. The summed E-state index contributed by atoms with van der Waals surface area (Å²) in [6, 6.07) is 15.0. The molecule has 5 N–H and O–H groups in total. The topological polar surface area (TPSA) is 119 Å². The molecule has 0 bridgehead atoms. The van der Waals surface area contributed by atoms with E-state index in [0.717, 1.165) is 0 Å². The van der Waals surface area contributed by atoms with Gasteiger partial charge in [0.1, 0.15) is 0 Å². The molecule has 23 heavy (non-hydrogen) atoms. The van der Waals surface area contributed by atoms with E-state index in [-0.39, 0.29) is 11.7 Å². The molecule has 1 atom stereocenters. The van der Waals surface area contributed by atoms with Gasteiger partial charge in [-0.15, -0.1) is 0 Å². The van der Waals surface area contributed by atoms with Crippen molar-refractivity contribution in [3.05, 3.63) is 71.3 Å². The summed E-state index contributed by atoms with van der Waals surface area (Å²) >= 11 is 0. The van der Waals surface area contributed by atoms with E-state index in [0.29, 0.717) is 16.7 Å². The monoisotopic (exact) mass is 311 g/mol. The minimum atomic E-state index is -1.66. The lowest BCUT2D eigenvalue weighted by Crippen LogP contribution is -2.36. The molecule has 2 aromatic rings. The molecule has 6 nitrogen and oxygen atoms in total. The fourth-order valence-electron chi connectivity index (χ4n) is 2.21. The van der Waals surface area contributed by atoms with Crippen LogP contribution in [0.2, 0.25) is 0 Å². The van der Waals surface area contributed by atoms with Crippen molar-refractivity contribution in [2.75, 3.05) is 0 Å². The number of guanidine groups is 1. The van der Waals surface area contributed by atoms with Gasteiger partial charge in [0.05, 0.1) is 0 Å². The maximum absolute atomic E-state index is 12.5. The number of carbonyl (C=O) groups is 2. The molecule has 6 heteroatoms. The molecule has 0 aliphatic carbocycles. The van der Waals surface area contributed by atoms with E-state index in [2.05, 4.69) is 4.99 Å². The van der Waals surface area contributed by atoms with Crippen molar-refractivity contribution in [3.63, 3.8) is 0 Å². The van der Waals surface area contributed by atoms with E-state index in [9.17, 15) is 14.7 Å². The van der Waals surface area contributed by atoms with Crippen molar-refractivity contribution < 1.29 is 14.7 Å². The molecule has 0 saturated heterocycles. The summed E-state index contributed by atoms with van der Waals surface area (Å²) in [5.41, 5.74) is 10.2. The lowest BCUT2D eigenvalue weighted by atomic mass is 9.90. The van der Waals surface area contributed by atoms with Crippen LogP contribution >= 0.6 is 0 Å². The van der Waals surface area contributed by atoms with Gasteiger partial charge in [0.15, 0.2) is 17.3 Å². The molecular weight excluding hydrogens is 294 g/mol. The second kappa shape index (κ2) is 6.31. The SMILES string of the molecule is CC(N=C(N)N)(C(=O)O)c1cccc(C(=O)c2ccccc2)c1. The average molecular weight is 311 g/mol. The van der Waals surface area contributed by atoms with Crippen molar-refractivity contribution in [2.24, 2.45) is 16.5 Å². The highest BCUT2D eigenvalue weighted by Gasteiger charge is 2.35. The van der Waals surface area contributed by atoms with E-state index in [1.165, 1.54) is 13.0 Å². The molecule has 0 aliphatic rings. The lowest BCUT2D eigenvalue weighted by molar-refractivity contribution is -0.142. The van der Waals surface area contributed by atoms with Gasteiger partial charge in [-0.05, 0) is 18.6 Å². The van der Waals surface area contributed by atoms with Crippen LogP contribution in [0.4, 0.5) is 0 Å². The minimum Gasteiger partial charge on any atom is -0.479 e. The molecular formula is C17H17N3O3. The first-order valence-electron chi connectivity index (χ1n) is 6.89. The number of hydrogen-bond acceptors (Lipinski definition) is 3. The number of rotatable bonds is 5. The van der Waals surface area contributed by atoms with Crippen LogP contribution in [0.3, 0.4) is 0 Å². The van der Waals surface area contributed by atoms with E-state index in [1.54, 1.807) is 42.5 Å². The molecule has 1 unspecified atom stereocenters. The third-order valence-corrected chi connectivity index (χ3v) is 3.49. The molecule has 0 aromatic heterocycles. The van der Waals surface area contributed by atoms with Gasteiger partial charge in [-0.1, -0.05) is 48.5 Å². The molecule has 0 aliphatic heterocycles. The third-order valence-electron chi connectivity index (χ3n) is 3.49. The van der Waals surface area contributed by atoms with Crippen molar-refractivity contribution in [3.8, 4) is 0 Å². The van der Waals surface area contributed by atoms with Gasteiger partial charge in [0, 0.05) is 11.1 Å². The van der Waals surface area contributed by atoms with Crippen molar-refractivity contribution in [1.82, 2.24) is 0 Å². The normalized spacial score (nSPS) is 12.9. The molecule has 0 fully saturated rings. The Kier molecular flexibility index (Phi) is 4.45. The highest BCUT2D eigenvalue weighted by Crippen LogP contribution is 2.27. The summed E-state index contributed by atoms with van der Waals surface area (Å²) in [6.45, 7) is 1.38. The molecule has 0 radical (unpaired) electrons. The second-order valence-corrected chi connectivity index (χ2v) is 5.19. The standard InChI is InChI=1S/C17H17N3O3/c1-17(15(22)23,20-16(18)19)13-9-5-8-12(10-13)14(21)11-6-3-2-4-7-11/h2-10H,1H3,(H,22,23)(H4,18,19,20). The van der Waals surface area contributed by atoms with E-state index < -0.39 is 11.5 Å². The second-order valence-electron chi connectivity index (χ2n) is 5.19. The van der Waals surface area contributed by atoms with E-state index in [4.69, 9.17) is 11.5 Å². The first-order valence-corrected chi connectivity index (χ1v) is 6.89. The summed E-state index contributed by atoms with van der Waals surface area (Å²) in [5, 5.41) is 9.48. The fourth-order valence-corrected chi connectivity index (χ4v) is 2.21. The molecule has 0 saturated carbocycles. The number of nitrogens with zero attached hydrogens (tertiary/aromatic N) is 1. The quantitative estimate of drug-likeness (QED) is 0.439. The number of aliphatic carboxylic acids is 1. The molecule has 118 valence electrons. The van der Waals surface area contributed by atoms with Gasteiger partial charge in [-0.3, -0.25) is 4.79 Å².